The Kier molecular flexibility index (Phi) is 4.71. The number of phenols is 1. The van der Waals surface area contributed by atoms with Gasteiger partial charge in [-0.05, 0) is 43.3 Å². The molecule has 4 heteroatoms. The van der Waals surface area contributed by atoms with Crippen molar-refractivity contribution in [2.45, 2.75) is 13.5 Å². The predicted octanol–water partition coefficient (Wildman–Crippen LogP) is 3.41. The number of hydrogen-bond acceptors (Lipinski definition) is 4. The first-order chi connectivity index (χ1) is 9.72. The normalized spacial score (nSPS) is 10.1. The molecule has 0 aromatic heterocycles. The van der Waals surface area contributed by atoms with Crippen LogP contribution in [0.15, 0.2) is 42.5 Å². The van der Waals surface area contributed by atoms with Gasteiger partial charge in [0, 0.05) is 23.9 Å². The molecule has 4 nitrogen and oxygen atoms in total. The SMILES string of the molecule is CCOc1ccc(NCc2ccc(OC)cc2O)cc1. The Morgan fingerprint density at radius 2 is 1.75 bits per heavy atom. The molecular formula is C16H19NO3. The lowest BCUT2D eigenvalue weighted by Crippen LogP contribution is -2.00. The summed E-state index contributed by atoms with van der Waals surface area (Å²) < 4.78 is 10.4. The van der Waals surface area contributed by atoms with Crippen LogP contribution in [-0.4, -0.2) is 18.8 Å². The monoisotopic (exact) mass is 273 g/mol. The molecule has 20 heavy (non-hydrogen) atoms. The largest absolute Gasteiger partial charge is 0.507 e. The van der Waals surface area contributed by atoms with E-state index in [9.17, 15) is 5.11 Å². The molecule has 0 saturated carbocycles. The molecule has 0 unspecified atom stereocenters. The fourth-order valence-corrected chi connectivity index (χ4v) is 1.85. The minimum Gasteiger partial charge on any atom is -0.507 e. The average Bonchev–Trinajstić information content (AvgIpc) is 2.48. The minimum absolute atomic E-state index is 0.225. The second kappa shape index (κ2) is 6.70. The van der Waals surface area contributed by atoms with Gasteiger partial charge in [0.05, 0.1) is 13.7 Å². The van der Waals surface area contributed by atoms with E-state index in [1.807, 2.05) is 43.3 Å². The summed E-state index contributed by atoms with van der Waals surface area (Å²) in [5, 5.41) is 13.1. The quantitative estimate of drug-likeness (QED) is 0.846. The van der Waals surface area contributed by atoms with E-state index in [-0.39, 0.29) is 5.75 Å². The average molecular weight is 273 g/mol. The number of anilines is 1. The van der Waals surface area contributed by atoms with Gasteiger partial charge in [-0.3, -0.25) is 0 Å². The molecule has 0 aliphatic rings. The number of rotatable bonds is 6. The summed E-state index contributed by atoms with van der Waals surface area (Å²) in [6.07, 6.45) is 0. The van der Waals surface area contributed by atoms with Crippen LogP contribution in [-0.2, 0) is 6.54 Å². The maximum absolute atomic E-state index is 9.87. The zero-order valence-electron chi connectivity index (χ0n) is 11.7. The second-order valence-corrected chi connectivity index (χ2v) is 4.31. The van der Waals surface area contributed by atoms with Crippen molar-refractivity contribution >= 4 is 5.69 Å². The maximum atomic E-state index is 9.87. The molecule has 0 aliphatic heterocycles. The molecule has 0 saturated heterocycles. The van der Waals surface area contributed by atoms with Gasteiger partial charge < -0.3 is 19.9 Å². The topological polar surface area (TPSA) is 50.7 Å². The number of methoxy groups -OCH3 is 1. The fraction of sp³-hybridized carbons (Fsp3) is 0.250. The van der Waals surface area contributed by atoms with Crippen LogP contribution in [0.25, 0.3) is 0 Å². The molecule has 0 heterocycles. The first-order valence-electron chi connectivity index (χ1n) is 6.55. The molecule has 2 N–H and O–H groups in total. The molecule has 0 amide bonds. The number of phenolic OH excluding ortho intramolecular Hbond substituents is 1. The van der Waals surface area contributed by atoms with E-state index in [4.69, 9.17) is 9.47 Å². The number of nitrogens with one attached hydrogen (secondary N) is 1. The molecule has 2 rings (SSSR count). The van der Waals surface area contributed by atoms with E-state index in [0.29, 0.717) is 18.9 Å². The Morgan fingerprint density at radius 3 is 2.35 bits per heavy atom. The van der Waals surface area contributed by atoms with Crippen molar-refractivity contribution in [2.75, 3.05) is 19.0 Å². The van der Waals surface area contributed by atoms with Gasteiger partial charge in [0.1, 0.15) is 17.2 Å². The molecule has 2 aromatic rings. The standard InChI is InChI=1S/C16H19NO3/c1-3-20-14-8-5-13(6-9-14)17-11-12-4-7-15(19-2)10-16(12)18/h4-10,17-18H,3,11H2,1-2H3. The van der Waals surface area contributed by atoms with Gasteiger partial charge in [-0.25, -0.2) is 0 Å². The maximum Gasteiger partial charge on any atom is 0.124 e. The van der Waals surface area contributed by atoms with E-state index >= 15 is 0 Å². The summed E-state index contributed by atoms with van der Waals surface area (Å²) in [6.45, 7) is 3.16. The predicted molar refractivity (Wildman–Crippen MR) is 79.6 cm³/mol. The Labute approximate surface area is 119 Å². The van der Waals surface area contributed by atoms with Crippen LogP contribution in [0.3, 0.4) is 0 Å². The van der Waals surface area contributed by atoms with Crippen molar-refractivity contribution in [1.82, 2.24) is 0 Å². The van der Waals surface area contributed by atoms with Gasteiger partial charge in [-0.15, -0.1) is 0 Å². The van der Waals surface area contributed by atoms with Crippen molar-refractivity contribution in [1.29, 1.82) is 0 Å². The van der Waals surface area contributed by atoms with Gasteiger partial charge in [0.2, 0.25) is 0 Å². The van der Waals surface area contributed by atoms with Crippen molar-refractivity contribution in [3.63, 3.8) is 0 Å². The lowest BCUT2D eigenvalue weighted by Gasteiger charge is -2.10. The molecule has 2 aromatic carbocycles. The van der Waals surface area contributed by atoms with Crippen LogP contribution in [0.1, 0.15) is 12.5 Å². The number of benzene rings is 2. The highest BCUT2D eigenvalue weighted by atomic mass is 16.5. The Bertz CT molecular complexity index is 552. The lowest BCUT2D eigenvalue weighted by molar-refractivity contribution is 0.340. The van der Waals surface area contributed by atoms with Gasteiger partial charge in [0.15, 0.2) is 0 Å². The van der Waals surface area contributed by atoms with E-state index in [0.717, 1.165) is 17.0 Å². The number of hydrogen-bond donors (Lipinski definition) is 2. The molecular weight excluding hydrogens is 254 g/mol. The molecule has 0 atom stereocenters. The number of ether oxygens (including phenoxy) is 2. The summed E-state index contributed by atoms with van der Waals surface area (Å²) in [7, 11) is 1.58. The highest BCUT2D eigenvalue weighted by Gasteiger charge is 2.03. The molecule has 0 bridgehead atoms. The van der Waals surface area contributed by atoms with Gasteiger partial charge in [-0.2, -0.15) is 0 Å². The first-order valence-corrected chi connectivity index (χ1v) is 6.55. The molecule has 0 fully saturated rings. The van der Waals surface area contributed by atoms with E-state index in [2.05, 4.69) is 5.32 Å². The fourth-order valence-electron chi connectivity index (χ4n) is 1.85. The van der Waals surface area contributed by atoms with Crippen LogP contribution in [0, 0.1) is 0 Å². The van der Waals surface area contributed by atoms with Gasteiger partial charge >= 0.3 is 0 Å². The highest BCUT2D eigenvalue weighted by Crippen LogP contribution is 2.24. The van der Waals surface area contributed by atoms with Crippen LogP contribution in [0.4, 0.5) is 5.69 Å². The molecule has 0 radical (unpaired) electrons. The summed E-state index contributed by atoms with van der Waals surface area (Å²) in [5.74, 6) is 1.72. The van der Waals surface area contributed by atoms with Crippen LogP contribution >= 0.6 is 0 Å². The van der Waals surface area contributed by atoms with Gasteiger partial charge in [0.25, 0.3) is 0 Å². The second-order valence-electron chi connectivity index (χ2n) is 4.31. The number of aromatic hydroxyl groups is 1. The van der Waals surface area contributed by atoms with Crippen LogP contribution in [0.5, 0.6) is 17.2 Å². The minimum atomic E-state index is 0.225. The van der Waals surface area contributed by atoms with Crippen LogP contribution in [0.2, 0.25) is 0 Å². The van der Waals surface area contributed by atoms with E-state index < -0.39 is 0 Å². The molecule has 0 aliphatic carbocycles. The van der Waals surface area contributed by atoms with Crippen LogP contribution < -0.4 is 14.8 Å². The van der Waals surface area contributed by atoms with Crippen molar-refractivity contribution in [3.8, 4) is 17.2 Å². The zero-order chi connectivity index (χ0) is 14.4. The van der Waals surface area contributed by atoms with E-state index in [1.165, 1.54) is 0 Å². The summed E-state index contributed by atoms with van der Waals surface area (Å²) in [6, 6.07) is 13.0. The van der Waals surface area contributed by atoms with Gasteiger partial charge in [-0.1, -0.05) is 0 Å². The smallest absolute Gasteiger partial charge is 0.124 e. The third-order valence-corrected chi connectivity index (χ3v) is 2.94. The summed E-state index contributed by atoms with van der Waals surface area (Å²) in [4.78, 5) is 0. The summed E-state index contributed by atoms with van der Waals surface area (Å²) in [5.41, 5.74) is 1.79. The third kappa shape index (κ3) is 3.57. The highest BCUT2D eigenvalue weighted by molar-refractivity contribution is 5.48. The molecule has 0 spiro atoms. The Balaban J connectivity index is 1.97. The molecule has 106 valence electrons. The Hall–Kier alpha value is -2.36. The Morgan fingerprint density at radius 1 is 1.05 bits per heavy atom. The van der Waals surface area contributed by atoms with Crippen molar-refractivity contribution in [2.24, 2.45) is 0 Å². The van der Waals surface area contributed by atoms with E-state index in [1.54, 1.807) is 13.2 Å². The first kappa shape index (κ1) is 14.1. The lowest BCUT2D eigenvalue weighted by atomic mass is 10.2. The zero-order valence-corrected chi connectivity index (χ0v) is 11.7. The van der Waals surface area contributed by atoms with Crippen molar-refractivity contribution in [3.05, 3.63) is 48.0 Å². The summed E-state index contributed by atoms with van der Waals surface area (Å²) >= 11 is 0. The van der Waals surface area contributed by atoms with Crippen molar-refractivity contribution < 1.29 is 14.6 Å². The third-order valence-electron chi connectivity index (χ3n) is 2.94.